The van der Waals surface area contributed by atoms with E-state index in [-0.39, 0.29) is 11.4 Å². The van der Waals surface area contributed by atoms with Crippen LogP contribution in [0.15, 0.2) is 48.5 Å². The Morgan fingerprint density at radius 3 is 2.70 bits per heavy atom. The van der Waals surface area contributed by atoms with Crippen LogP contribution in [-0.2, 0) is 18.4 Å². The number of hydrogen-bond acceptors (Lipinski definition) is 1. The van der Waals surface area contributed by atoms with Crippen molar-refractivity contribution in [3.05, 3.63) is 71.2 Å². The van der Waals surface area contributed by atoms with Crippen LogP contribution in [0.3, 0.4) is 0 Å². The van der Waals surface area contributed by atoms with Crippen molar-refractivity contribution < 1.29 is 4.39 Å². The zero-order valence-electron chi connectivity index (χ0n) is 13.1. The second-order valence-corrected chi connectivity index (χ2v) is 6.66. The second kappa shape index (κ2) is 5.50. The molecule has 0 fully saturated rings. The molecule has 1 aliphatic carbocycles. The van der Waals surface area contributed by atoms with Crippen LogP contribution in [0.2, 0.25) is 0 Å². The molecule has 118 valence electrons. The average Bonchev–Trinajstić information content (AvgIpc) is 2.95. The summed E-state index contributed by atoms with van der Waals surface area (Å²) in [5, 5.41) is 1.30. The average molecular weight is 308 g/mol. The van der Waals surface area contributed by atoms with E-state index in [0.717, 1.165) is 37.7 Å². The first kappa shape index (κ1) is 14.5. The lowest BCUT2D eigenvalue weighted by atomic mass is 9.77. The fourth-order valence-corrected chi connectivity index (χ4v) is 3.86. The van der Waals surface area contributed by atoms with Crippen molar-refractivity contribution in [2.45, 2.75) is 37.6 Å². The molecule has 1 aliphatic rings. The molecule has 3 aromatic rings. The number of aromatic amines is 1. The predicted molar refractivity (Wildman–Crippen MR) is 91.8 cm³/mol. The van der Waals surface area contributed by atoms with Gasteiger partial charge in [-0.25, -0.2) is 4.39 Å². The van der Waals surface area contributed by atoms with Crippen molar-refractivity contribution in [3.8, 4) is 0 Å². The lowest BCUT2D eigenvalue weighted by Crippen LogP contribution is -2.40. The van der Waals surface area contributed by atoms with Crippen molar-refractivity contribution in [1.29, 1.82) is 0 Å². The Hall–Kier alpha value is -2.13. The zero-order chi connectivity index (χ0) is 15.9. The number of aryl methyl sites for hydroxylation is 2. The van der Waals surface area contributed by atoms with Crippen LogP contribution in [0.1, 0.15) is 36.1 Å². The Bertz CT molecular complexity index is 834. The molecule has 3 N–H and O–H groups in total. The van der Waals surface area contributed by atoms with Crippen LogP contribution in [-0.4, -0.2) is 4.98 Å². The molecule has 1 heterocycles. The number of para-hydroxylation sites is 1. The van der Waals surface area contributed by atoms with Gasteiger partial charge in [-0.3, -0.25) is 0 Å². The number of aromatic nitrogens is 1. The van der Waals surface area contributed by atoms with Crippen molar-refractivity contribution in [1.82, 2.24) is 4.98 Å². The summed E-state index contributed by atoms with van der Waals surface area (Å²) in [5.74, 6) is -0.188. The third-order valence-corrected chi connectivity index (χ3v) is 5.13. The maximum Gasteiger partial charge on any atom is 0.123 e. The summed E-state index contributed by atoms with van der Waals surface area (Å²) >= 11 is 0. The van der Waals surface area contributed by atoms with Gasteiger partial charge in [0.25, 0.3) is 0 Å². The van der Waals surface area contributed by atoms with Gasteiger partial charge in [0.2, 0.25) is 0 Å². The van der Waals surface area contributed by atoms with E-state index in [2.05, 4.69) is 29.2 Å². The number of fused-ring (bicyclic) bond motifs is 3. The molecular weight excluding hydrogens is 287 g/mol. The monoisotopic (exact) mass is 308 g/mol. The fourth-order valence-electron chi connectivity index (χ4n) is 3.86. The van der Waals surface area contributed by atoms with E-state index in [1.165, 1.54) is 34.3 Å². The molecule has 0 bridgehead atoms. The summed E-state index contributed by atoms with van der Waals surface area (Å²) < 4.78 is 13.0. The van der Waals surface area contributed by atoms with Crippen molar-refractivity contribution in [2.24, 2.45) is 5.73 Å². The largest absolute Gasteiger partial charge is 0.357 e. The molecular formula is C20H21FN2. The molecule has 0 radical (unpaired) electrons. The van der Waals surface area contributed by atoms with Gasteiger partial charge >= 0.3 is 0 Å². The van der Waals surface area contributed by atoms with E-state index < -0.39 is 0 Å². The summed E-state index contributed by atoms with van der Waals surface area (Å²) in [7, 11) is 0. The lowest BCUT2D eigenvalue weighted by Gasteiger charge is -2.34. The molecule has 0 saturated carbocycles. The van der Waals surface area contributed by atoms with E-state index in [4.69, 9.17) is 5.73 Å². The van der Waals surface area contributed by atoms with Gasteiger partial charge in [0.1, 0.15) is 5.82 Å². The van der Waals surface area contributed by atoms with E-state index in [1.807, 2.05) is 12.1 Å². The fraction of sp³-hybridized carbons (Fsp3) is 0.300. The summed E-state index contributed by atoms with van der Waals surface area (Å²) in [6.07, 6.45) is 4.95. The van der Waals surface area contributed by atoms with Gasteiger partial charge in [-0.2, -0.15) is 0 Å². The quantitative estimate of drug-likeness (QED) is 0.738. The number of H-pyrrole nitrogens is 1. The highest BCUT2D eigenvalue weighted by Crippen LogP contribution is 2.39. The van der Waals surface area contributed by atoms with Crippen LogP contribution in [0.25, 0.3) is 10.9 Å². The van der Waals surface area contributed by atoms with Crippen LogP contribution in [0.4, 0.5) is 4.39 Å². The van der Waals surface area contributed by atoms with E-state index in [9.17, 15) is 4.39 Å². The van der Waals surface area contributed by atoms with Crippen LogP contribution in [0.5, 0.6) is 0 Å². The maximum absolute atomic E-state index is 13.0. The molecule has 3 heteroatoms. The summed E-state index contributed by atoms with van der Waals surface area (Å²) in [6.45, 7) is 0. The summed E-state index contributed by atoms with van der Waals surface area (Å²) in [5.41, 5.74) is 11.4. The Morgan fingerprint density at radius 1 is 1.09 bits per heavy atom. The highest BCUT2D eigenvalue weighted by molar-refractivity contribution is 5.85. The molecule has 2 nitrogen and oxygen atoms in total. The maximum atomic E-state index is 13.0. The van der Waals surface area contributed by atoms with E-state index in [1.54, 1.807) is 0 Å². The number of nitrogens with two attached hydrogens (primary N) is 1. The molecule has 2 aromatic carbocycles. The minimum atomic E-state index is -0.318. The predicted octanol–water partition coefficient (Wildman–Crippen LogP) is 4.43. The van der Waals surface area contributed by atoms with Crippen LogP contribution in [0, 0.1) is 5.82 Å². The summed E-state index contributed by atoms with van der Waals surface area (Å²) in [6, 6.07) is 15.2. The molecule has 0 saturated heterocycles. The van der Waals surface area contributed by atoms with Gasteiger partial charge in [-0.1, -0.05) is 30.3 Å². The van der Waals surface area contributed by atoms with Gasteiger partial charge in [-0.15, -0.1) is 0 Å². The first-order chi connectivity index (χ1) is 11.2. The minimum Gasteiger partial charge on any atom is -0.357 e. The standard InChI is InChI=1S/C20H21FN2/c21-15-9-7-14(8-10-15)11-13-20(22)12-3-5-17-16-4-1-2-6-18(16)23-19(17)20/h1-2,4,6-10,23H,3,5,11-13,22H2. The lowest BCUT2D eigenvalue weighted by molar-refractivity contribution is 0.339. The van der Waals surface area contributed by atoms with E-state index in [0.29, 0.717) is 0 Å². The molecule has 4 rings (SSSR count). The molecule has 1 unspecified atom stereocenters. The number of rotatable bonds is 3. The number of hydrogen-bond donors (Lipinski definition) is 2. The number of nitrogens with one attached hydrogen (secondary N) is 1. The van der Waals surface area contributed by atoms with E-state index >= 15 is 0 Å². The molecule has 1 atom stereocenters. The Morgan fingerprint density at radius 2 is 1.87 bits per heavy atom. The normalized spacial score (nSPS) is 20.6. The zero-order valence-corrected chi connectivity index (χ0v) is 13.1. The van der Waals surface area contributed by atoms with Crippen LogP contribution >= 0.6 is 0 Å². The number of halogens is 1. The third-order valence-electron chi connectivity index (χ3n) is 5.13. The van der Waals surface area contributed by atoms with Gasteiger partial charge in [-0.05, 0) is 61.4 Å². The van der Waals surface area contributed by atoms with Gasteiger partial charge in [0, 0.05) is 16.6 Å². The van der Waals surface area contributed by atoms with Crippen molar-refractivity contribution in [2.75, 3.05) is 0 Å². The third kappa shape index (κ3) is 2.55. The topological polar surface area (TPSA) is 41.8 Å². The van der Waals surface area contributed by atoms with Crippen molar-refractivity contribution >= 4 is 10.9 Å². The van der Waals surface area contributed by atoms with Crippen molar-refractivity contribution in [3.63, 3.8) is 0 Å². The Kier molecular flexibility index (Phi) is 3.46. The number of benzene rings is 2. The summed E-state index contributed by atoms with van der Waals surface area (Å²) in [4.78, 5) is 3.57. The SMILES string of the molecule is NC1(CCc2ccc(F)cc2)CCCc2c1[nH]c1ccccc21. The van der Waals surface area contributed by atoms with Gasteiger partial charge < -0.3 is 10.7 Å². The second-order valence-electron chi connectivity index (χ2n) is 6.66. The molecule has 0 aliphatic heterocycles. The highest BCUT2D eigenvalue weighted by Gasteiger charge is 2.34. The molecule has 23 heavy (non-hydrogen) atoms. The molecule has 0 amide bonds. The molecule has 1 aromatic heterocycles. The minimum absolute atomic E-state index is 0.188. The first-order valence-electron chi connectivity index (χ1n) is 8.29. The van der Waals surface area contributed by atoms with Crippen LogP contribution < -0.4 is 5.73 Å². The highest BCUT2D eigenvalue weighted by atomic mass is 19.1. The van der Waals surface area contributed by atoms with Gasteiger partial charge in [0.05, 0.1) is 5.54 Å². The smallest absolute Gasteiger partial charge is 0.123 e. The Balaban J connectivity index is 1.65. The Labute approximate surface area is 135 Å². The van der Waals surface area contributed by atoms with Gasteiger partial charge in [0.15, 0.2) is 0 Å². The molecule has 0 spiro atoms. The first-order valence-corrected chi connectivity index (χ1v) is 8.29.